The number of hydrogen-bond donors (Lipinski definition) is 1. The minimum atomic E-state index is -3.85. The monoisotopic (exact) mass is 447 g/mol. The van der Waals surface area contributed by atoms with Gasteiger partial charge in [-0.2, -0.15) is 9.57 Å². The number of benzene rings is 3. The van der Waals surface area contributed by atoms with E-state index in [9.17, 15) is 13.2 Å². The lowest BCUT2D eigenvalue weighted by Crippen LogP contribution is -2.39. The van der Waals surface area contributed by atoms with E-state index in [2.05, 4.69) is 11.4 Å². The Balaban J connectivity index is 1.77. The average Bonchev–Trinajstić information content (AvgIpc) is 2.79. The summed E-state index contributed by atoms with van der Waals surface area (Å²) in [5.74, 6) is -0.429. The van der Waals surface area contributed by atoms with Crippen molar-refractivity contribution in [1.29, 1.82) is 5.26 Å². The van der Waals surface area contributed by atoms with Crippen LogP contribution in [0.25, 0.3) is 0 Å². The van der Waals surface area contributed by atoms with Gasteiger partial charge in [-0.1, -0.05) is 60.2 Å². The van der Waals surface area contributed by atoms with Crippen molar-refractivity contribution in [2.24, 2.45) is 0 Å². The first-order chi connectivity index (χ1) is 15.4. The van der Waals surface area contributed by atoms with Crippen LogP contribution in [-0.4, -0.2) is 31.7 Å². The predicted octanol–water partition coefficient (Wildman–Crippen LogP) is 3.93. The van der Waals surface area contributed by atoms with Crippen molar-refractivity contribution in [2.45, 2.75) is 24.7 Å². The van der Waals surface area contributed by atoms with Gasteiger partial charge in [-0.05, 0) is 48.7 Å². The standard InChI is InChI=1S/C25H25N3O3S/c1-20-7-13-24(14-8-20)32(30,31)28(18-16-21-5-3-2-4-6-21)19-25(29)27-23-11-9-22(10-12-23)15-17-26/h2-14H,15-16,18-19H2,1H3,(H,27,29). The zero-order chi connectivity index (χ0) is 23.0. The van der Waals surface area contributed by atoms with Crippen LogP contribution in [0.5, 0.6) is 0 Å². The maximum absolute atomic E-state index is 13.3. The number of amides is 1. The van der Waals surface area contributed by atoms with Gasteiger partial charge in [0.05, 0.1) is 23.9 Å². The molecule has 0 atom stereocenters. The summed E-state index contributed by atoms with van der Waals surface area (Å²) in [5.41, 5.74) is 3.34. The zero-order valence-electron chi connectivity index (χ0n) is 17.9. The number of hydrogen-bond acceptors (Lipinski definition) is 4. The highest BCUT2D eigenvalue weighted by molar-refractivity contribution is 7.89. The Labute approximate surface area is 189 Å². The van der Waals surface area contributed by atoms with Crippen molar-refractivity contribution in [2.75, 3.05) is 18.4 Å². The third-order valence-corrected chi connectivity index (χ3v) is 6.85. The molecule has 32 heavy (non-hydrogen) atoms. The molecular weight excluding hydrogens is 422 g/mol. The molecule has 0 saturated heterocycles. The lowest BCUT2D eigenvalue weighted by atomic mass is 10.1. The summed E-state index contributed by atoms with van der Waals surface area (Å²) in [6.07, 6.45) is 0.776. The van der Waals surface area contributed by atoms with E-state index in [1.165, 1.54) is 4.31 Å². The quantitative estimate of drug-likeness (QED) is 0.538. The molecule has 0 bridgehead atoms. The first-order valence-electron chi connectivity index (χ1n) is 10.2. The van der Waals surface area contributed by atoms with E-state index in [1.54, 1.807) is 48.5 Å². The summed E-state index contributed by atoms with van der Waals surface area (Å²) < 4.78 is 27.8. The maximum Gasteiger partial charge on any atom is 0.243 e. The summed E-state index contributed by atoms with van der Waals surface area (Å²) in [4.78, 5) is 12.9. The van der Waals surface area contributed by atoms with E-state index in [4.69, 9.17) is 5.26 Å². The molecule has 164 valence electrons. The van der Waals surface area contributed by atoms with Gasteiger partial charge in [-0.3, -0.25) is 4.79 Å². The number of anilines is 1. The number of sulfonamides is 1. The molecule has 6 nitrogen and oxygen atoms in total. The molecule has 0 aromatic heterocycles. The average molecular weight is 448 g/mol. The molecule has 0 fully saturated rings. The molecule has 3 aromatic rings. The molecule has 0 unspecified atom stereocenters. The molecule has 0 aliphatic heterocycles. The van der Waals surface area contributed by atoms with E-state index in [0.717, 1.165) is 16.7 Å². The Morgan fingerprint density at radius 3 is 2.22 bits per heavy atom. The molecule has 0 saturated carbocycles. The molecule has 3 aromatic carbocycles. The highest BCUT2D eigenvalue weighted by atomic mass is 32.2. The van der Waals surface area contributed by atoms with Gasteiger partial charge in [0, 0.05) is 12.2 Å². The van der Waals surface area contributed by atoms with Gasteiger partial charge in [0.15, 0.2) is 0 Å². The molecule has 1 amide bonds. The van der Waals surface area contributed by atoms with Gasteiger partial charge in [0.25, 0.3) is 0 Å². The molecule has 7 heteroatoms. The van der Waals surface area contributed by atoms with Crippen LogP contribution in [0.4, 0.5) is 5.69 Å². The Bertz CT molecular complexity index is 1180. The second-order valence-electron chi connectivity index (χ2n) is 7.47. The van der Waals surface area contributed by atoms with E-state index in [-0.39, 0.29) is 24.4 Å². The number of rotatable bonds is 9. The first kappa shape index (κ1) is 23.2. The van der Waals surface area contributed by atoms with Crippen LogP contribution >= 0.6 is 0 Å². The Morgan fingerprint density at radius 2 is 1.59 bits per heavy atom. The highest BCUT2D eigenvalue weighted by Gasteiger charge is 2.26. The topological polar surface area (TPSA) is 90.3 Å². The second kappa shape index (κ2) is 10.7. The SMILES string of the molecule is Cc1ccc(S(=O)(=O)N(CCc2ccccc2)CC(=O)Nc2ccc(CC#N)cc2)cc1. The fourth-order valence-corrected chi connectivity index (χ4v) is 4.60. The smallest absolute Gasteiger partial charge is 0.243 e. The summed E-state index contributed by atoms with van der Waals surface area (Å²) in [6.45, 7) is 1.76. The first-order valence-corrected chi connectivity index (χ1v) is 11.7. The lowest BCUT2D eigenvalue weighted by Gasteiger charge is -2.22. The van der Waals surface area contributed by atoms with Gasteiger partial charge in [0.2, 0.25) is 15.9 Å². The van der Waals surface area contributed by atoms with E-state index in [1.807, 2.05) is 37.3 Å². The summed E-state index contributed by atoms with van der Waals surface area (Å²) in [6, 6.07) is 25.2. The zero-order valence-corrected chi connectivity index (χ0v) is 18.7. The molecule has 1 N–H and O–H groups in total. The van der Waals surface area contributed by atoms with Crippen LogP contribution in [-0.2, 0) is 27.7 Å². The Hall–Kier alpha value is -3.47. The number of aryl methyl sites for hydroxylation is 1. The van der Waals surface area contributed by atoms with Crippen LogP contribution < -0.4 is 5.32 Å². The van der Waals surface area contributed by atoms with E-state index < -0.39 is 15.9 Å². The van der Waals surface area contributed by atoms with Crippen LogP contribution in [0.3, 0.4) is 0 Å². The normalized spacial score (nSPS) is 11.2. The Kier molecular flexibility index (Phi) is 7.77. The van der Waals surface area contributed by atoms with Crippen LogP contribution in [0.1, 0.15) is 16.7 Å². The largest absolute Gasteiger partial charge is 0.325 e. The minimum Gasteiger partial charge on any atom is -0.325 e. The van der Waals surface area contributed by atoms with E-state index >= 15 is 0 Å². The van der Waals surface area contributed by atoms with Crippen LogP contribution in [0, 0.1) is 18.3 Å². The van der Waals surface area contributed by atoms with Crippen molar-refractivity contribution < 1.29 is 13.2 Å². The lowest BCUT2D eigenvalue weighted by molar-refractivity contribution is -0.116. The Morgan fingerprint density at radius 1 is 0.938 bits per heavy atom. The van der Waals surface area contributed by atoms with Gasteiger partial charge in [-0.25, -0.2) is 8.42 Å². The highest BCUT2D eigenvalue weighted by Crippen LogP contribution is 2.18. The van der Waals surface area contributed by atoms with Gasteiger partial charge >= 0.3 is 0 Å². The molecular formula is C25H25N3O3S. The summed E-state index contributed by atoms with van der Waals surface area (Å²) >= 11 is 0. The molecule has 0 aliphatic rings. The van der Waals surface area contributed by atoms with Crippen LogP contribution in [0.15, 0.2) is 83.8 Å². The fourth-order valence-electron chi connectivity index (χ4n) is 3.20. The predicted molar refractivity (Wildman–Crippen MR) is 124 cm³/mol. The van der Waals surface area contributed by atoms with E-state index in [0.29, 0.717) is 12.1 Å². The second-order valence-corrected chi connectivity index (χ2v) is 9.41. The number of carbonyl (C=O) groups is 1. The maximum atomic E-state index is 13.3. The third kappa shape index (κ3) is 6.27. The molecule has 0 aliphatic carbocycles. The molecule has 0 spiro atoms. The number of nitrogens with zero attached hydrogens (tertiary/aromatic N) is 2. The number of nitrogens with one attached hydrogen (secondary N) is 1. The van der Waals surface area contributed by atoms with Crippen molar-refractivity contribution >= 4 is 21.6 Å². The minimum absolute atomic E-state index is 0.157. The van der Waals surface area contributed by atoms with Crippen molar-refractivity contribution in [3.05, 3.63) is 95.6 Å². The molecule has 0 heterocycles. The van der Waals surface area contributed by atoms with Crippen molar-refractivity contribution in [1.82, 2.24) is 4.31 Å². The summed E-state index contributed by atoms with van der Waals surface area (Å²) in [5, 5.41) is 11.5. The van der Waals surface area contributed by atoms with Gasteiger partial charge in [0.1, 0.15) is 0 Å². The van der Waals surface area contributed by atoms with Crippen molar-refractivity contribution in [3.8, 4) is 6.07 Å². The van der Waals surface area contributed by atoms with Gasteiger partial charge in [-0.15, -0.1) is 0 Å². The fraction of sp³-hybridized carbons (Fsp3) is 0.200. The number of carbonyl (C=O) groups excluding carboxylic acids is 1. The van der Waals surface area contributed by atoms with Crippen LogP contribution in [0.2, 0.25) is 0 Å². The van der Waals surface area contributed by atoms with Crippen molar-refractivity contribution in [3.63, 3.8) is 0 Å². The molecule has 0 radical (unpaired) electrons. The van der Waals surface area contributed by atoms with Gasteiger partial charge < -0.3 is 5.32 Å². The molecule has 3 rings (SSSR count). The summed E-state index contributed by atoms with van der Waals surface area (Å²) in [7, 11) is -3.85. The third-order valence-electron chi connectivity index (χ3n) is 4.99. The number of nitriles is 1.